The third-order valence-electron chi connectivity index (χ3n) is 5.10. The molecule has 1 N–H and O–H groups in total. The lowest BCUT2D eigenvalue weighted by Gasteiger charge is -2.11. The van der Waals surface area contributed by atoms with E-state index in [9.17, 15) is 4.79 Å². The number of nitrogens with zero attached hydrogens (tertiary/aromatic N) is 1. The number of aliphatic imine (C=N–C) groups is 1. The number of halogens is 2. The molecule has 4 rings (SSSR count). The van der Waals surface area contributed by atoms with Crippen molar-refractivity contribution in [1.29, 1.82) is 0 Å². The van der Waals surface area contributed by atoms with Gasteiger partial charge in [0.25, 0.3) is 5.91 Å². The van der Waals surface area contributed by atoms with E-state index in [0.29, 0.717) is 33.2 Å². The molecule has 0 aromatic heterocycles. The monoisotopic (exact) mass is 556 g/mol. The number of thioether (sulfide) groups is 1. The first kappa shape index (κ1) is 24.4. The van der Waals surface area contributed by atoms with Crippen molar-refractivity contribution in [1.82, 2.24) is 5.32 Å². The molecule has 1 aliphatic rings. The van der Waals surface area contributed by atoms with E-state index in [2.05, 4.69) is 26.2 Å². The van der Waals surface area contributed by atoms with E-state index in [1.165, 1.54) is 11.8 Å². The Balaban J connectivity index is 1.49. The average molecular weight is 558 g/mol. The molecule has 1 fully saturated rings. The molecular weight excluding hydrogens is 536 g/mol. The van der Waals surface area contributed by atoms with Gasteiger partial charge in [0.05, 0.1) is 17.7 Å². The Hall–Kier alpha value is -2.74. The molecule has 0 radical (unpaired) electrons. The van der Waals surface area contributed by atoms with Crippen LogP contribution in [0.4, 0.5) is 5.69 Å². The van der Waals surface area contributed by atoms with Crippen LogP contribution in [-0.2, 0) is 11.4 Å². The summed E-state index contributed by atoms with van der Waals surface area (Å²) < 4.78 is 12.5. The second kappa shape index (κ2) is 10.7. The molecule has 0 saturated carbocycles. The molecule has 34 heavy (non-hydrogen) atoms. The van der Waals surface area contributed by atoms with Gasteiger partial charge in [-0.15, -0.1) is 0 Å². The lowest BCUT2D eigenvalue weighted by molar-refractivity contribution is -0.115. The molecule has 0 bridgehead atoms. The van der Waals surface area contributed by atoms with Crippen LogP contribution in [0.15, 0.2) is 69.0 Å². The summed E-state index contributed by atoms with van der Waals surface area (Å²) >= 11 is 10.8. The minimum Gasteiger partial charge on any atom is -0.493 e. The largest absolute Gasteiger partial charge is 0.493 e. The van der Waals surface area contributed by atoms with Crippen LogP contribution in [0.5, 0.6) is 11.5 Å². The van der Waals surface area contributed by atoms with Crippen LogP contribution < -0.4 is 14.8 Å². The first-order chi connectivity index (χ1) is 16.3. The van der Waals surface area contributed by atoms with E-state index in [-0.39, 0.29) is 5.91 Å². The molecular formula is C26H22BrClN2O3S. The molecule has 3 aromatic rings. The molecule has 3 aromatic carbocycles. The summed E-state index contributed by atoms with van der Waals surface area (Å²) in [5, 5.41) is 4.07. The van der Waals surface area contributed by atoms with Gasteiger partial charge in [-0.1, -0.05) is 45.7 Å². The lowest BCUT2D eigenvalue weighted by atomic mass is 10.1. The predicted octanol–water partition coefficient (Wildman–Crippen LogP) is 7.20. The topological polar surface area (TPSA) is 59.9 Å². The number of rotatable bonds is 6. The van der Waals surface area contributed by atoms with Crippen molar-refractivity contribution in [2.24, 2.45) is 4.99 Å². The van der Waals surface area contributed by atoms with Gasteiger partial charge in [0.15, 0.2) is 16.7 Å². The van der Waals surface area contributed by atoms with E-state index in [4.69, 9.17) is 21.1 Å². The van der Waals surface area contributed by atoms with Crippen LogP contribution in [0.25, 0.3) is 6.08 Å². The third-order valence-corrected chi connectivity index (χ3v) is 7.51. The smallest absolute Gasteiger partial charge is 0.264 e. The highest BCUT2D eigenvalue weighted by Gasteiger charge is 2.24. The summed E-state index contributed by atoms with van der Waals surface area (Å²) in [7, 11) is 1.59. The van der Waals surface area contributed by atoms with Crippen LogP contribution in [0, 0.1) is 13.8 Å². The van der Waals surface area contributed by atoms with Gasteiger partial charge in [-0.3, -0.25) is 4.79 Å². The number of carbonyl (C=O) groups is 1. The van der Waals surface area contributed by atoms with Gasteiger partial charge in [-0.05, 0) is 90.3 Å². The summed E-state index contributed by atoms with van der Waals surface area (Å²) in [4.78, 5) is 17.7. The van der Waals surface area contributed by atoms with Crippen molar-refractivity contribution in [3.8, 4) is 11.5 Å². The Morgan fingerprint density at radius 1 is 1.06 bits per heavy atom. The van der Waals surface area contributed by atoms with E-state index < -0.39 is 0 Å². The third kappa shape index (κ3) is 5.84. The molecule has 1 saturated heterocycles. The van der Waals surface area contributed by atoms with Crippen LogP contribution in [-0.4, -0.2) is 18.2 Å². The first-order valence-electron chi connectivity index (χ1n) is 10.4. The highest BCUT2D eigenvalue weighted by Crippen LogP contribution is 2.33. The number of ether oxygens (including phenoxy) is 2. The molecule has 0 aliphatic carbocycles. The number of carbonyl (C=O) groups excluding carboxylic acids is 1. The van der Waals surface area contributed by atoms with E-state index in [1.807, 2.05) is 74.5 Å². The number of benzene rings is 3. The summed E-state index contributed by atoms with van der Waals surface area (Å²) in [5.74, 6) is 1.02. The minimum absolute atomic E-state index is 0.184. The van der Waals surface area contributed by atoms with Crippen molar-refractivity contribution in [3.63, 3.8) is 0 Å². The van der Waals surface area contributed by atoms with Crippen molar-refractivity contribution in [2.75, 3.05) is 7.11 Å². The molecule has 1 heterocycles. The van der Waals surface area contributed by atoms with E-state index in [1.54, 1.807) is 7.11 Å². The standard InChI is InChI=1S/C26H22BrClN2O3S/c1-15-10-20(11-16(2)24(15)27)29-26-30-25(31)23(34-26)13-18-6-9-21(22(12-18)32-3)33-14-17-4-7-19(28)8-5-17/h4-13H,14H2,1-3H3,(H,29,30,31)/b23-13-. The molecule has 1 amide bonds. The molecule has 8 heteroatoms. The number of nitrogens with one attached hydrogen (secondary N) is 1. The van der Waals surface area contributed by atoms with Crippen LogP contribution in [0.1, 0.15) is 22.3 Å². The average Bonchev–Trinajstić information content (AvgIpc) is 3.15. The highest BCUT2D eigenvalue weighted by molar-refractivity contribution is 9.10. The maximum absolute atomic E-state index is 12.5. The molecule has 0 atom stereocenters. The van der Waals surface area contributed by atoms with Crippen molar-refractivity contribution >= 4 is 62.1 Å². The van der Waals surface area contributed by atoms with Crippen molar-refractivity contribution in [3.05, 3.63) is 91.3 Å². The quantitative estimate of drug-likeness (QED) is 0.326. The Morgan fingerprint density at radius 3 is 2.44 bits per heavy atom. The van der Waals surface area contributed by atoms with Gasteiger partial charge >= 0.3 is 0 Å². The fraction of sp³-hybridized carbons (Fsp3) is 0.154. The second-order valence-corrected chi connectivity index (χ2v) is 9.96. The normalized spacial score (nSPS) is 15.6. The number of amides is 1. The van der Waals surface area contributed by atoms with Gasteiger partial charge in [-0.25, -0.2) is 4.99 Å². The maximum Gasteiger partial charge on any atom is 0.264 e. The fourth-order valence-electron chi connectivity index (χ4n) is 3.37. The van der Waals surface area contributed by atoms with Crippen LogP contribution in [0.2, 0.25) is 5.02 Å². The Labute approximate surface area is 216 Å². The summed E-state index contributed by atoms with van der Waals surface area (Å²) in [6.07, 6.45) is 1.81. The predicted molar refractivity (Wildman–Crippen MR) is 143 cm³/mol. The highest BCUT2D eigenvalue weighted by atomic mass is 79.9. The SMILES string of the molecule is COc1cc(/C=C2\SC(=Nc3cc(C)c(Br)c(C)c3)NC2=O)ccc1OCc1ccc(Cl)cc1. The van der Waals surface area contributed by atoms with Gasteiger partial charge in [-0.2, -0.15) is 0 Å². The maximum atomic E-state index is 12.5. The molecule has 174 valence electrons. The molecule has 5 nitrogen and oxygen atoms in total. The second-order valence-electron chi connectivity index (χ2n) is 7.70. The van der Waals surface area contributed by atoms with Gasteiger partial charge in [0.1, 0.15) is 6.61 Å². The molecule has 0 unspecified atom stereocenters. The van der Waals surface area contributed by atoms with Gasteiger partial charge < -0.3 is 14.8 Å². The van der Waals surface area contributed by atoms with Crippen LogP contribution >= 0.6 is 39.3 Å². The number of methoxy groups -OCH3 is 1. The molecule has 1 aliphatic heterocycles. The van der Waals surface area contributed by atoms with Gasteiger partial charge in [0.2, 0.25) is 0 Å². The number of hydrogen-bond donors (Lipinski definition) is 1. The number of amidine groups is 1. The number of hydrogen-bond acceptors (Lipinski definition) is 5. The fourth-order valence-corrected chi connectivity index (χ4v) is 4.57. The van der Waals surface area contributed by atoms with Crippen molar-refractivity contribution in [2.45, 2.75) is 20.5 Å². The summed E-state index contributed by atoms with van der Waals surface area (Å²) in [6.45, 7) is 4.42. The summed E-state index contributed by atoms with van der Waals surface area (Å²) in [5.41, 5.74) is 4.81. The zero-order valence-electron chi connectivity index (χ0n) is 18.8. The Morgan fingerprint density at radius 2 is 1.76 bits per heavy atom. The van der Waals surface area contributed by atoms with Gasteiger partial charge in [0, 0.05) is 9.50 Å². The Kier molecular flexibility index (Phi) is 7.66. The van der Waals surface area contributed by atoms with E-state index >= 15 is 0 Å². The molecule has 0 spiro atoms. The first-order valence-corrected chi connectivity index (χ1v) is 12.4. The zero-order valence-corrected chi connectivity index (χ0v) is 22.0. The lowest BCUT2D eigenvalue weighted by Crippen LogP contribution is -2.19. The minimum atomic E-state index is -0.184. The van der Waals surface area contributed by atoms with Crippen LogP contribution in [0.3, 0.4) is 0 Å². The van der Waals surface area contributed by atoms with E-state index in [0.717, 1.165) is 32.4 Å². The number of aryl methyl sites for hydroxylation is 2. The Bertz CT molecular complexity index is 1280. The summed E-state index contributed by atoms with van der Waals surface area (Å²) in [6, 6.07) is 17.0. The zero-order chi connectivity index (χ0) is 24.2. The van der Waals surface area contributed by atoms with Crippen molar-refractivity contribution < 1.29 is 14.3 Å².